The van der Waals surface area contributed by atoms with Crippen LogP contribution in [-0.4, -0.2) is 12.1 Å². The van der Waals surface area contributed by atoms with Crippen molar-refractivity contribution in [2.45, 2.75) is 12.5 Å². The summed E-state index contributed by atoms with van der Waals surface area (Å²) < 4.78 is 5.32. The number of thiazole rings is 1. The maximum Gasteiger partial charge on any atom is 0.122 e. The first-order valence-electron chi connectivity index (χ1n) is 5.41. The highest BCUT2D eigenvalue weighted by Gasteiger charge is 2.15. The van der Waals surface area contributed by atoms with Crippen molar-refractivity contribution in [2.75, 3.05) is 7.11 Å². The standard InChI is InChI=1S/C12H14ClN3OS/c1-17-11-3-2-9(13)4-8(11)5-10(16-14)12-6-15-7-18-12/h2-4,6-7,10,16H,5,14H2,1H3. The Morgan fingerprint density at radius 3 is 3.00 bits per heavy atom. The maximum atomic E-state index is 6.01. The molecule has 0 bridgehead atoms. The van der Waals surface area contributed by atoms with Crippen LogP contribution in [0.25, 0.3) is 0 Å². The molecule has 2 aromatic rings. The van der Waals surface area contributed by atoms with Crippen molar-refractivity contribution in [2.24, 2.45) is 5.84 Å². The third-order valence-electron chi connectivity index (χ3n) is 2.66. The lowest BCUT2D eigenvalue weighted by Gasteiger charge is -2.16. The minimum Gasteiger partial charge on any atom is -0.496 e. The number of aromatic nitrogens is 1. The van der Waals surface area contributed by atoms with E-state index < -0.39 is 0 Å². The number of halogens is 1. The van der Waals surface area contributed by atoms with Crippen LogP contribution < -0.4 is 16.0 Å². The van der Waals surface area contributed by atoms with E-state index in [0.717, 1.165) is 16.2 Å². The Balaban J connectivity index is 2.24. The fourth-order valence-electron chi connectivity index (χ4n) is 1.77. The van der Waals surface area contributed by atoms with Gasteiger partial charge in [0.2, 0.25) is 0 Å². The molecule has 0 radical (unpaired) electrons. The van der Waals surface area contributed by atoms with Gasteiger partial charge in [-0.3, -0.25) is 16.3 Å². The third kappa shape index (κ3) is 3.00. The monoisotopic (exact) mass is 283 g/mol. The lowest BCUT2D eigenvalue weighted by atomic mass is 10.0. The first-order chi connectivity index (χ1) is 8.74. The molecule has 0 saturated carbocycles. The van der Waals surface area contributed by atoms with Crippen molar-refractivity contribution in [1.82, 2.24) is 10.4 Å². The highest BCUT2D eigenvalue weighted by atomic mass is 35.5. The minimum absolute atomic E-state index is 0.00451. The molecule has 1 heterocycles. The van der Waals surface area contributed by atoms with Gasteiger partial charge in [0.25, 0.3) is 0 Å². The lowest BCUT2D eigenvalue weighted by molar-refractivity contribution is 0.406. The smallest absolute Gasteiger partial charge is 0.122 e. The Labute approximate surface area is 115 Å². The van der Waals surface area contributed by atoms with E-state index >= 15 is 0 Å². The van der Waals surface area contributed by atoms with Crippen LogP contribution >= 0.6 is 22.9 Å². The Morgan fingerprint density at radius 2 is 2.39 bits per heavy atom. The average molecular weight is 284 g/mol. The molecule has 6 heteroatoms. The van der Waals surface area contributed by atoms with E-state index in [1.807, 2.05) is 24.4 Å². The van der Waals surface area contributed by atoms with Crippen molar-refractivity contribution in [3.63, 3.8) is 0 Å². The number of rotatable bonds is 5. The molecule has 18 heavy (non-hydrogen) atoms. The molecule has 0 saturated heterocycles. The zero-order valence-corrected chi connectivity index (χ0v) is 11.5. The molecule has 1 aromatic heterocycles. The van der Waals surface area contributed by atoms with Gasteiger partial charge in [0.05, 0.1) is 18.7 Å². The second kappa shape index (κ2) is 6.15. The first kappa shape index (κ1) is 13.3. The van der Waals surface area contributed by atoms with E-state index in [9.17, 15) is 0 Å². The lowest BCUT2D eigenvalue weighted by Crippen LogP contribution is -2.29. The number of hydrazine groups is 1. The predicted molar refractivity (Wildman–Crippen MR) is 73.9 cm³/mol. The fraction of sp³-hybridized carbons (Fsp3) is 0.250. The van der Waals surface area contributed by atoms with Gasteiger partial charge in [-0.05, 0) is 30.2 Å². The molecular weight excluding hydrogens is 270 g/mol. The molecule has 0 aliphatic rings. The number of methoxy groups -OCH3 is 1. The third-order valence-corrected chi connectivity index (χ3v) is 3.79. The summed E-state index contributed by atoms with van der Waals surface area (Å²) in [6.45, 7) is 0. The number of nitrogens with two attached hydrogens (primary N) is 1. The van der Waals surface area contributed by atoms with Gasteiger partial charge in [-0.15, -0.1) is 11.3 Å². The van der Waals surface area contributed by atoms with E-state index in [4.69, 9.17) is 22.2 Å². The van der Waals surface area contributed by atoms with Gasteiger partial charge in [0, 0.05) is 16.1 Å². The zero-order chi connectivity index (χ0) is 13.0. The van der Waals surface area contributed by atoms with E-state index in [1.54, 1.807) is 24.0 Å². The van der Waals surface area contributed by atoms with Crippen molar-refractivity contribution < 1.29 is 4.74 Å². The fourth-order valence-corrected chi connectivity index (χ4v) is 2.64. The highest BCUT2D eigenvalue weighted by Crippen LogP contribution is 2.28. The van der Waals surface area contributed by atoms with E-state index in [0.29, 0.717) is 11.4 Å². The van der Waals surface area contributed by atoms with Gasteiger partial charge >= 0.3 is 0 Å². The first-order valence-corrected chi connectivity index (χ1v) is 6.67. The number of hydrogen-bond donors (Lipinski definition) is 2. The Kier molecular flexibility index (Phi) is 4.54. The van der Waals surface area contributed by atoms with E-state index in [1.165, 1.54) is 0 Å². The van der Waals surface area contributed by atoms with Crippen LogP contribution in [-0.2, 0) is 6.42 Å². The van der Waals surface area contributed by atoms with E-state index in [-0.39, 0.29) is 6.04 Å². The van der Waals surface area contributed by atoms with Gasteiger partial charge in [-0.2, -0.15) is 0 Å². The van der Waals surface area contributed by atoms with Gasteiger partial charge < -0.3 is 4.74 Å². The van der Waals surface area contributed by atoms with Crippen molar-refractivity contribution in [3.05, 3.63) is 45.4 Å². The largest absolute Gasteiger partial charge is 0.496 e. The molecule has 96 valence electrons. The second-order valence-electron chi connectivity index (χ2n) is 3.78. The average Bonchev–Trinajstić information content (AvgIpc) is 2.90. The molecule has 0 amide bonds. The molecule has 0 aliphatic heterocycles. The van der Waals surface area contributed by atoms with Crippen LogP contribution in [0.1, 0.15) is 16.5 Å². The van der Waals surface area contributed by atoms with E-state index in [2.05, 4.69) is 10.4 Å². The summed E-state index contributed by atoms with van der Waals surface area (Å²) >= 11 is 7.57. The van der Waals surface area contributed by atoms with Crippen molar-refractivity contribution in [3.8, 4) is 5.75 Å². The zero-order valence-electron chi connectivity index (χ0n) is 9.89. The Hall–Kier alpha value is -1.14. The normalized spacial score (nSPS) is 12.4. The highest BCUT2D eigenvalue weighted by molar-refractivity contribution is 7.09. The summed E-state index contributed by atoms with van der Waals surface area (Å²) in [4.78, 5) is 5.14. The maximum absolute atomic E-state index is 6.01. The minimum atomic E-state index is 0.00451. The summed E-state index contributed by atoms with van der Waals surface area (Å²) in [5.41, 5.74) is 5.60. The van der Waals surface area contributed by atoms with Crippen LogP contribution in [0.15, 0.2) is 29.9 Å². The summed E-state index contributed by atoms with van der Waals surface area (Å²) in [7, 11) is 1.64. The molecule has 3 N–H and O–H groups in total. The summed E-state index contributed by atoms with van der Waals surface area (Å²) in [5.74, 6) is 6.41. The van der Waals surface area contributed by atoms with Gasteiger partial charge in [0.15, 0.2) is 0 Å². The molecule has 0 spiro atoms. The molecule has 0 fully saturated rings. The van der Waals surface area contributed by atoms with Crippen LogP contribution in [0.4, 0.5) is 0 Å². The van der Waals surface area contributed by atoms with Crippen LogP contribution in [0.2, 0.25) is 5.02 Å². The van der Waals surface area contributed by atoms with Crippen molar-refractivity contribution >= 4 is 22.9 Å². The Morgan fingerprint density at radius 1 is 1.56 bits per heavy atom. The van der Waals surface area contributed by atoms with Crippen molar-refractivity contribution in [1.29, 1.82) is 0 Å². The summed E-state index contributed by atoms with van der Waals surface area (Å²) in [6, 6.07) is 5.57. The number of benzene rings is 1. The van der Waals surface area contributed by atoms with Gasteiger partial charge in [-0.1, -0.05) is 11.6 Å². The quantitative estimate of drug-likeness (QED) is 0.654. The van der Waals surface area contributed by atoms with Crippen LogP contribution in [0.3, 0.4) is 0 Å². The molecule has 1 atom stereocenters. The van der Waals surface area contributed by atoms with Gasteiger partial charge in [-0.25, -0.2) is 0 Å². The molecular formula is C12H14ClN3OS. The molecule has 1 unspecified atom stereocenters. The number of nitrogens with one attached hydrogen (secondary N) is 1. The van der Waals surface area contributed by atoms with Crippen LogP contribution in [0.5, 0.6) is 5.75 Å². The number of nitrogens with zero attached hydrogens (tertiary/aromatic N) is 1. The topological polar surface area (TPSA) is 60.2 Å². The molecule has 2 rings (SSSR count). The molecule has 4 nitrogen and oxygen atoms in total. The Bertz CT molecular complexity index is 504. The number of ether oxygens (including phenoxy) is 1. The SMILES string of the molecule is COc1ccc(Cl)cc1CC(NN)c1cncs1. The predicted octanol–water partition coefficient (Wildman–Crippen LogP) is 2.55. The number of hydrogen-bond acceptors (Lipinski definition) is 5. The van der Waals surface area contributed by atoms with Gasteiger partial charge in [0.1, 0.15) is 5.75 Å². The summed E-state index contributed by atoms with van der Waals surface area (Å²) in [6.07, 6.45) is 2.51. The molecule has 1 aromatic carbocycles. The second-order valence-corrected chi connectivity index (χ2v) is 5.14. The molecule has 0 aliphatic carbocycles. The summed E-state index contributed by atoms with van der Waals surface area (Å²) in [5, 5.41) is 0.686. The van der Waals surface area contributed by atoms with Crippen LogP contribution in [0, 0.1) is 0 Å².